The van der Waals surface area contributed by atoms with Crippen molar-refractivity contribution in [2.75, 3.05) is 26.3 Å². The summed E-state index contributed by atoms with van der Waals surface area (Å²) < 4.78 is 5.46. The van der Waals surface area contributed by atoms with Crippen molar-refractivity contribution >= 4 is 5.91 Å². The first-order valence-corrected chi connectivity index (χ1v) is 6.80. The van der Waals surface area contributed by atoms with E-state index >= 15 is 0 Å². The maximum atomic E-state index is 11.5. The van der Waals surface area contributed by atoms with Crippen molar-refractivity contribution in [1.82, 2.24) is 10.6 Å². The van der Waals surface area contributed by atoms with Crippen LogP contribution in [0, 0.1) is 5.92 Å². The molecule has 1 heterocycles. The van der Waals surface area contributed by atoms with Crippen molar-refractivity contribution in [2.45, 2.75) is 45.6 Å². The van der Waals surface area contributed by atoms with Crippen LogP contribution in [0.2, 0.25) is 0 Å². The van der Waals surface area contributed by atoms with E-state index in [9.17, 15) is 4.79 Å². The van der Waals surface area contributed by atoms with Gasteiger partial charge in [0.15, 0.2) is 0 Å². The molecule has 1 aliphatic rings. The Labute approximate surface area is 104 Å². The summed E-state index contributed by atoms with van der Waals surface area (Å²) >= 11 is 0. The number of hydrogen-bond donors (Lipinski definition) is 2. The lowest BCUT2D eigenvalue weighted by molar-refractivity contribution is -0.126. The van der Waals surface area contributed by atoms with Gasteiger partial charge in [0.1, 0.15) is 6.61 Å². The van der Waals surface area contributed by atoms with Crippen LogP contribution in [0.3, 0.4) is 0 Å². The van der Waals surface area contributed by atoms with E-state index in [1.807, 2.05) is 6.92 Å². The highest BCUT2D eigenvalue weighted by atomic mass is 16.5. The number of nitrogens with one attached hydrogen (secondary N) is 2. The highest BCUT2D eigenvalue weighted by Crippen LogP contribution is 2.09. The average molecular weight is 242 g/mol. The zero-order chi connectivity index (χ0) is 12.5. The summed E-state index contributed by atoms with van der Waals surface area (Å²) in [5.74, 6) is 0.583. The van der Waals surface area contributed by atoms with Gasteiger partial charge >= 0.3 is 0 Å². The zero-order valence-electron chi connectivity index (χ0n) is 11.1. The fraction of sp³-hybridized carbons (Fsp3) is 0.923. The molecule has 0 aliphatic carbocycles. The first kappa shape index (κ1) is 14.5. The smallest absolute Gasteiger partial charge is 0.246 e. The number of ether oxygens (including phenoxy) is 1. The van der Waals surface area contributed by atoms with Gasteiger partial charge in [-0.05, 0) is 38.6 Å². The van der Waals surface area contributed by atoms with Gasteiger partial charge in [0.2, 0.25) is 5.91 Å². The predicted octanol–water partition coefficient (Wildman–Crippen LogP) is 1.31. The fourth-order valence-corrected chi connectivity index (χ4v) is 2.21. The molecule has 0 radical (unpaired) electrons. The molecule has 0 bridgehead atoms. The van der Waals surface area contributed by atoms with Crippen LogP contribution in [0.5, 0.6) is 0 Å². The molecule has 0 aromatic heterocycles. The van der Waals surface area contributed by atoms with E-state index in [0.29, 0.717) is 12.5 Å². The highest BCUT2D eigenvalue weighted by molar-refractivity contribution is 5.77. The lowest BCUT2D eigenvalue weighted by Crippen LogP contribution is -2.37. The van der Waals surface area contributed by atoms with Gasteiger partial charge in [0, 0.05) is 12.6 Å². The van der Waals surface area contributed by atoms with E-state index < -0.39 is 0 Å². The van der Waals surface area contributed by atoms with Crippen molar-refractivity contribution in [3.8, 4) is 0 Å². The summed E-state index contributed by atoms with van der Waals surface area (Å²) in [6, 6.07) is 0.257. The molecule has 0 saturated carbocycles. The van der Waals surface area contributed by atoms with Crippen LogP contribution >= 0.6 is 0 Å². The summed E-state index contributed by atoms with van der Waals surface area (Å²) in [6.07, 6.45) is 4.54. The highest BCUT2D eigenvalue weighted by Gasteiger charge is 2.14. The Morgan fingerprint density at radius 1 is 1.59 bits per heavy atom. The zero-order valence-corrected chi connectivity index (χ0v) is 11.1. The van der Waals surface area contributed by atoms with Crippen LogP contribution < -0.4 is 10.6 Å². The monoisotopic (exact) mass is 242 g/mol. The molecule has 1 amide bonds. The minimum Gasteiger partial charge on any atom is -0.371 e. The van der Waals surface area contributed by atoms with Gasteiger partial charge in [0.25, 0.3) is 0 Å². The lowest BCUT2D eigenvalue weighted by Gasteiger charge is -2.22. The van der Waals surface area contributed by atoms with Crippen molar-refractivity contribution < 1.29 is 9.53 Å². The molecule has 1 fully saturated rings. The van der Waals surface area contributed by atoms with Gasteiger partial charge in [0.05, 0.1) is 6.61 Å². The van der Waals surface area contributed by atoms with E-state index in [1.165, 1.54) is 12.8 Å². The molecule has 4 heteroatoms. The molecule has 1 rings (SSSR count). The van der Waals surface area contributed by atoms with Crippen LogP contribution in [-0.4, -0.2) is 38.3 Å². The predicted molar refractivity (Wildman–Crippen MR) is 68.9 cm³/mol. The summed E-state index contributed by atoms with van der Waals surface area (Å²) in [5.41, 5.74) is 0. The normalized spacial score (nSPS) is 22.1. The Hall–Kier alpha value is -0.610. The van der Waals surface area contributed by atoms with Gasteiger partial charge in [-0.2, -0.15) is 0 Å². The average Bonchev–Trinajstić information content (AvgIpc) is 2.30. The molecule has 4 nitrogen and oxygen atoms in total. The van der Waals surface area contributed by atoms with Gasteiger partial charge in [-0.25, -0.2) is 0 Å². The second kappa shape index (κ2) is 8.48. The van der Waals surface area contributed by atoms with Crippen molar-refractivity contribution in [3.63, 3.8) is 0 Å². The lowest BCUT2D eigenvalue weighted by atomic mass is 10.0. The molecule has 1 aliphatic heterocycles. The number of piperidine rings is 1. The third-order valence-corrected chi connectivity index (χ3v) is 3.11. The third-order valence-electron chi connectivity index (χ3n) is 3.11. The number of carbonyl (C=O) groups excluding carboxylic acids is 1. The number of hydrogen-bond acceptors (Lipinski definition) is 3. The summed E-state index contributed by atoms with van der Waals surface area (Å²) in [4.78, 5) is 11.5. The van der Waals surface area contributed by atoms with E-state index in [1.54, 1.807) is 0 Å². The van der Waals surface area contributed by atoms with E-state index in [2.05, 4.69) is 17.6 Å². The number of carbonyl (C=O) groups is 1. The van der Waals surface area contributed by atoms with E-state index in [0.717, 1.165) is 25.9 Å². The van der Waals surface area contributed by atoms with Gasteiger partial charge in [-0.15, -0.1) is 0 Å². The molecule has 2 unspecified atom stereocenters. The summed E-state index contributed by atoms with van der Waals surface area (Å²) in [6.45, 7) is 7.19. The van der Waals surface area contributed by atoms with Gasteiger partial charge in [-0.3, -0.25) is 4.79 Å². The molecule has 0 spiro atoms. The van der Waals surface area contributed by atoms with Crippen molar-refractivity contribution in [2.24, 2.45) is 5.92 Å². The van der Waals surface area contributed by atoms with Crippen molar-refractivity contribution in [3.05, 3.63) is 0 Å². The first-order valence-electron chi connectivity index (χ1n) is 6.80. The summed E-state index contributed by atoms with van der Waals surface area (Å²) in [7, 11) is 0. The fourth-order valence-electron chi connectivity index (χ4n) is 2.21. The topological polar surface area (TPSA) is 50.4 Å². The maximum Gasteiger partial charge on any atom is 0.246 e. The SMILES string of the molecule is CCCC(C)NC(=O)COCC1CCCNC1. The van der Waals surface area contributed by atoms with Crippen LogP contribution in [0.25, 0.3) is 0 Å². The molecule has 2 N–H and O–H groups in total. The third kappa shape index (κ3) is 6.64. The van der Waals surface area contributed by atoms with Crippen LogP contribution in [0.1, 0.15) is 39.5 Å². The van der Waals surface area contributed by atoms with Crippen LogP contribution in [-0.2, 0) is 9.53 Å². The van der Waals surface area contributed by atoms with Gasteiger partial charge < -0.3 is 15.4 Å². The Balaban J connectivity index is 2.03. The summed E-state index contributed by atoms with van der Waals surface area (Å²) in [5, 5.41) is 6.28. The largest absolute Gasteiger partial charge is 0.371 e. The molecule has 0 aromatic rings. The Kier molecular flexibility index (Phi) is 7.21. The van der Waals surface area contributed by atoms with E-state index in [-0.39, 0.29) is 18.6 Å². The van der Waals surface area contributed by atoms with E-state index in [4.69, 9.17) is 4.74 Å². The van der Waals surface area contributed by atoms with Crippen molar-refractivity contribution in [1.29, 1.82) is 0 Å². The number of amides is 1. The minimum atomic E-state index is 0.00900. The quantitative estimate of drug-likeness (QED) is 0.707. The second-order valence-electron chi connectivity index (χ2n) is 4.98. The number of rotatable bonds is 7. The second-order valence-corrected chi connectivity index (χ2v) is 4.98. The molecule has 2 atom stereocenters. The molecule has 0 aromatic carbocycles. The Morgan fingerprint density at radius 3 is 3.06 bits per heavy atom. The maximum absolute atomic E-state index is 11.5. The minimum absolute atomic E-state index is 0.00900. The molecular formula is C13H26N2O2. The molecule has 17 heavy (non-hydrogen) atoms. The van der Waals surface area contributed by atoms with Crippen LogP contribution in [0.4, 0.5) is 0 Å². The molecular weight excluding hydrogens is 216 g/mol. The van der Waals surface area contributed by atoms with Crippen LogP contribution in [0.15, 0.2) is 0 Å². The molecule has 1 saturated heterocycles. The van der Waals surface area contributed by atoms with Gasteiger partial charge in [-0.1, -0.05) is 13.3 Å². The Morgan fingerprint density at radius 2 is 2.41 bits per heavy atom. The molecule has 100 valence electrons. The Bertz CT molecular complexity index is 215. The first-order chi connectivity index (χ1) is 8.22. The standard InChI is InChI=1S/C13H26N2O2/c1-3-5-11(2)15-13(16)10-17-9-12-6-4-7-14-8-12/h11-12,14H,3-10H2,1-2H3,(H,15,16).